The molecule has 0 bridgehead atoms. The van der Waals surface area contributed by atoms with E-state index in [9.17, 15) is 9.90 Å². The smallest absolute Gasteiger partial charge is 0.411 e. The van der Waals surface area contributed by atoms with Crippen LogP contribution in [0.2, 0.25) is 0 Å². The maximum absolute atomic E-state index is 11.7. The van der Waals surface area contributed by atoms with Gasteiger partial charge in [0.25, 0.3) is 0 Å². The summed E-state index contributed by atoms with van der Waals surface area (Å²) >= 11 is 0. The van der Waals surface area contributed by atoms with Crippen molar-refractivity contribution in [1.29, 1.82) is 0 Å². The number of aliphatic hydroxyl groups excluding tert-OH is 1. The molecule has 0 spiro atoms. The van der Waals surface area contributed by atoms with E-state index in [-0.39, 0.29) is 18.6 Å². The van der Waals surface area contributed by atoms with E-state index in [1.807, 2.05) is 36.4 Å². The standard InChI is InChI=1S/C15H17NO4/c17-14-7-11-6-12(8-13(11)20-14)16-15(18)19-9-10-4-2-1-3-5-10/h1-6,11,13-14,17H,7-9H2,(H,16,18)/t11-,13-,14?/m0/s1. The van der Waals surface area contributed by atoms with Gasteiger partial charge in [0.15, 0.2) is 6.29 Å². The monoisotopic (exact) mass is 275 g/mol. The Labute approximate surface area is 117 Å². The Morgan fingerprint density at radius 3 is 2.95 bits per heavy atom. The summed E-state index contributed by atoms with van der Waals surface area (Å²) in [6.07, 6.45) is 2.00. The summed E-state index contributed by atoms with van der Waals surface area (Å²) in [4.78, 5) is 11.7. The molecule has 0 aromatic heterocycles. The van der Waals surface area contributed by atoms with Crippen LogP contribution in [0.3, 0.4) is 0 Å². The van der Waals surface area contributed by atoms with Gasteiger partial charge in [-0.2, -0.15) is 0 Å². The predicted octanol–water partition coefficient (Wildman–Crippen LogP) is 1.92. The summed E-state index contributed by atoms with van der Waals surface area (Å²) in [5.74, 6) is 0.189. The number of ether oxygens (including phenoxy) is 2. The Balaban J connectivity index is 1.47. The van der Waals surface area contributed by atoms with Crippen LogP contribution in [0.15, 0.2) is 42.1 Å². The number of fused-ring (bicyclic) bond motifs is 1. The minimum absolute atomic E-state index is 0.0191. The average molecular weight is 275 g/mol. The summed E-state index contributed by atoms with van der Waals surface area (Å²) in [5.41, 5.74) is 1.76. The highest BCUT2D eigenvalue weighted by atomic mass is 16.6. The number of aliphatic hydroxyl groups is 1. The molecule has 106 valence electrons. The lowest BCUT2D eigenvalue weighted by Crippen LogP contribution is -2.24. The second-order valence-corrected chi connectivity index (χ2v) is 5.11. The molecule has 3 atom stereocenters. The highest BCUT2D eigenvalue weighted by molar-refractivity contribution is 5.69. The molecule has 5 heteroatoms. The number of rotatable bonds is 3. The van der Waals surface area contributed by atoms with E-state index in [4.69, 9.17) is 9.47 Å². The molecule has 20 heavy (non-hydrogen) atoms. The number of benzene rings is 1. The molecule has 1 amide bonds. The SMILES string of the molecule is O=C(NC1=C[C@H]2CC(O)O[C@H]2C1)OCc1ccccc1. The first kappa shape index (κ1) is 13.1. The summed E-state index contributed by atoms with van der Waals surface area (Å²) in [6, 6.07) is 9.53. The van der Waals surface area contributed by atoms with Crippen LogP contribution >= 0.6 is 0 Å². The lowest BCUT2D eigenvalue weighted by atomic mass is 10.1. The topological polar surface area (TPSA) is 67.8 Å². The zero-order valence-corrected chi connectivity index (χ0v) is 11.0. The number of nitrogens with one attached hydrogen (secondary N) is 1. The van der Waals surface area contributed by atoms with Crippen LogP contribution in [0.1, 0.15) is 18.4 Å². The van der Waals surface area contributed by atoms with Crippen molar-refractivity contribution in [1.82, 2.24) is 5.32 Å². The Kier molecular flexibility index (Phi) is 3.71. The summed E-state index contributed by atoms with van der Waals surface area (Å²) in [7, 11) is 0. The number of amides is 1. The van der Waals surface area contributed by atoms with Gasteiger partial charge < -0.3 is 14.6 Å². The van der Waals surface area contributed by atoms with Gasteiger partial charge in [0, 0.05) is 24.5 Å². The van der Waals surface area contributed by atoms with Gasteiger partial charge in [0.1, 0.15) is 6.61 Å². The molecule has 1 aromatic rings. The van der Waals surface area contributed by atoms with Gasteiger partial charge in [0.05, 0.1) is 6.10 Å². The van der Waals surface area contributed by atoms with E-state index in [1.54, 1.807) is 0 Å². The molecule has 2 aliphatic rings. The van der Waals surface area contributed by atoms with E-state index < -0.39 is 12.4 Å². The Morgan fingerprint density at radius 2 is 2.20 bits per heavy atom. The number of carbonyl (C=O) groups is 1. The molecule has 0 radical (unpaired) electrons. The van der Waals surface area contributed by atoms with E-state index in [1.165, 1.54) is 0 Å². The minimum Gasteiger partial charge on any atom is -0.444 e. The number of hydrogen-bond acceptors (Lipinski definition) is 4. The van der Waals surface area contributed by atoms with Crippen molar-refractivity contribution in [3.05, 3.63) is 47.7 Å². The molecule has 5 nitrogen and oxygen atoms in total. The van der Waals surface area contributed by atoms with Crippen molar-refractivity contribution >= 4 is 6.09 Å². The van der Waals surface area contributed by atoms with Crippen molar-refractivity contribution < 1.29 is 19.4 Å². The predicted molar refractivity (Wildman–Crippen MR) is 71.4 cm³/mol. The lowest BCUT2D eigenvalue weighted by molar-refractivity contribution is -0.0898. The average Bonchev–Trinajstić information content (AvgIpc) is 2.94. The van der Waals surface area contributed by atoms with Crippen molar-refractivity contribution in [2.75, 3.05) is 0 Å². The van der Waals surface area contributed by atoms with Gasteiger partial charge in [-0.05, 0) is 5.56 Å². The molecule has 2 N–H and O–H groups in total. The molecular formula is C15H17NO4. The molecule has 1 aliphatic carbocycles. The molecular weight excluding hydrogens is 258 g/mol. The molecule has 1 aliphatic heterocycles. The van der Waals surface area contributed by atoms with Crippen LogP contribution in [0.4, 0.5) is 4.79 Å². The normalized spacial score (nSPS) is 27.9. The van der Waals surface area contributed by atoms with E-state index in [0.717, 1.165) is 11.3 Å². The minimum atomic E-state index is -0.673. The van der Waals surface area contributed by atoms with Gasteiger partial charge in [-0.25, -0.2) is 4.79 Å². The molecule has 1 fully saturated rings. The van der Waals surface area contributed by atoms with Gasteiger partial charge in [-0.15, -0.1) is 0 Å². The van der Waals surface area contributed by atoms with Gasteiger partial charge in [-0.3, -0.25) is 5.32 Å². The van der Waals surface area contributed by atoms with E-state index >= 15 is 0 Å². The molecule has 3 rings (SSSR count). The number of carbonyl (C=O) groups excluding carboxylic acids is 1. The van der Waals surface area contributed by atoms with E-state index in [2.05, 4.69) is 5.32 Å². The zero-order chi connectivity index (χ0) is 13.9. The summed E-state index contributed by atoms with van der Waals surface area (Å²) in [5, 5.41) is 12.1. The Bertz CT molecular complexity index is 514. The maximum Gasteiger partial charge on any atom is 0.411 e. The third kappa shape index (κ3) is 3.00. The Morgan fingerprint density at radius 1 is 1.40 bits per heavy atom. The molecule has 1 saturated heterocycles. The highest BCUT2D eigenvalue weighted by Crippen LogP contribution is 2.35. The van der Waals surface area contributed by atoms with Crippen LogP contribution in [-0.4, -0.2) is 23.6 Å². The first-order valence-corrected chi connectivity index (χ1v) is 6.72. The van der Waals surface area contributed by atoms with Gasteiger partial charge in [-0.1, -0.05) is 36.4 Å². The molecule has 1 aromatic carbocycles. The van der Waals surface area contributed by atoms with E-state index in [0.29, 0.717) is 12.8 Å². The molecule has 1 heterocycles. The maximum atomic E-state index is 11.7. The number of hydrogen-bond donors (Lipinski definition) is 2. The van der Waals surface area contributed by atoms with Crippen LogP contribution in [0.5, 0.6) is 0 Å². The van der Waals surface area contributed by atoms with Gasteiger partial charge >= 0.3 is 6.09 Å². The fraction of sp³-hybridized carbons (Fsp3) is 0.400. The van der Waals surface area contributed by atoms with Crippen LogP contribution < -0.4 is 5.32 Å². The van der Waals surface area contributed by atoms with Crippen molar-refractivity contribution in [2.24, 2.45) is 5.92 Å². The third-order valence-electron chi connectivity index (χ3n) is 3.59. The summed E-state index contributed by atoms with van der Waals surface area (Å²) in [6.45, 7) is 0.252. The fourth-order valence-electron chi connectivity index (χ4n) is 2.64. The third-order valence-corrected chi connectivity index (χ3v) is 3.59. The molecule has 0 saturated carbocycles. The van der Waals surface area contributed by atoms with Crippen LogP contribution in [0, 0.1) is 5.92 Å². The zero-order valence-electron chi connectivity index (χ0n) is 11.0. The fourth-order valence-corrected chi connectivity index (χ4v) is 2.64. The molecule has 1 unspecified atom stereocenters. The first-order valence-electron chi connectivity index (χ1n) is 6.72. The summed E-state index contributed by atoms with van der Waals surface area (Å²) < 4.78 is 10.5. The van der Waals surface area contributed by atoms with Crippen LogP contribution in [-0.2, 0) is 16.1 Å². The quantitative estimate of drug-likeness (QED) is 0.884. The van der Waals surface area contributed by atoms with Crippen molar-refractivity contribution in [3.63, 3.8) is 0 Å². The van der Waals surface area contributed by atoms with Gasteiger partial charge in [0.2, 0.25) is 0 Å². The second kappa shape index (κ2) is 5.64. The van der Waals surface area contributed by atoms with Crippen molar-refractivity contribution in [2.45, 2.75) is 31.8 Å². The van der Waals surface area contributed by atoms with Crippen LogP contribution in [0.25, 0.3) is 0 Å². The highest BCUT2D eigenvalue weighted by Gasteiger charge is 2.38. The Hall–Kier alpha value is -1.85. The number of alkyl carbamates (subject to hydrolysis) is 1. The van der Waals surface area contributed by atoms with Crippen molar-refractivity contribution in [3.8, 4) is 0 Å². The largest absolute Gasteiger partial charge is 0.444 e. The second-order valence-electron chi connectivity index (χ2n) is 5.11. The first-order chi connectivity index (χ1) is 9.70. The lowest BCUT2D eigenvalue weighted by Gasteiger charge is -2.10.